The van der Waals surface area contributed by atoms with E-state index in [1.165, 1.54) is 12.1 Å². The molecule has 0 saturated carbocycles. The Morgan fingerprint density at radius 1 is 0.840 bits per heavy atom. The monoisotopic (exact) mass is 690 g/mol. The smallest absolute Gasteiger partial charge is 0.320 e. The highest BCUT2D eigenvalue weighted by Gasteiger charge is 2.31. The molecule has 0 bridgehead atoms. The molecular weight excluding hydrogens is 643 g/mol. The maximum atomic E-state index is 14.0. The van der Waals surface area contributed by atoms with Crippen LogP contribution in [0.1, 0.15) is 67.9 Å². The van der Waals surface area contributed by atoms with Crippen molar-refractivity contribution in [2.45, 2.75) is 76.7 Å². The van der Waals surface area contributed by atoms with Gasteiger partial charge in [-0.1, -0.05) is 62.4 Å². The highest BCUT2D eigenvalue weighted by Crippen LogP contribution is 2.42. The number of hydrogen-bond acceptors (Lipinski definition) is 7. The number of amides is 1. The van der Waals surface area contributed by atoms with E-state index in [0.29, 0.717) is 47.5 Å². The molecule has 11 nitrogen and oxygen atoms in total. The Morgan fingerprint density at radius 3 is 1.98 bits per heavy atom. The largest absolute Gasteiger partial charge is 0.481 e. The van der Waals surface area contributed by atoms with Crippen LogP contribution >= 0.6 is 0 Å². The van der Waals surface area contributed by atoms with Gasteiger partial charge in [-0.25, -0.2) is 4.39 Å². The van der Waals surface area contributed by atoms with Gasteiger partial charge in [0.1, 0.15) is 11.9 Å². The summed E-state index contributed by atoms with van der Waals surface area (Å²) in [7, 11) is 0. The molecule has 0 aliphatic carbocycles. The highest BCUT2D eigenvalue weighted by atomic mass is 19.1. The Hall–Kier alpha value is -4.88. The first kappa shape index (κ1) is 39.6. The Bertz CT molecular complexity index is 1680. The molecule has 1 amide bonds. The van der Waals surface area contributed by atoms with Gasteiger partial charge in [0, 0.05) is 23.5 Å². The van der Waals surface area contributed by atoms with Crippen molar-refractivity contribution in [2.75, 3.05) is 11.9 Å². The number of carbonyl (C=O) groups excluding carboxylic acids is 1. The fourth-order valence-corrected chi connectivity index (χ4v) is 5.66. The summed E-state index contributed by atoms with van der Waals surface area (Å²) in [6.07, 6.45) is -1.37. The number of halogens is 1. The summed E-state index contributed by atoms with van der Waals surface area (Å²) in [4.78, 5) is 35.1. The Kier molecular flexibility index (Phi) is 15.3. The first-order valence-corrected chi connectivity index (χ1v) is 16.5. The third-order valence-corrected chi connectivity index (χ3v) is 7.97. The molecule has 3 aromatic carbocycles. The lowest BCUT2D eigenvalue weighted by molar-refractivity contribution is -0.140. The molecule has 4 rings (SSSR count). The molecular formula is C38H47FN4O7. The van der Waals surface area contributed by atoms with Crippen LogP contribution in [0.4, 0.5) is 10.1 Å². The summed E-state index contributed by atoms with van der Waals surface area (Å²) in [5, 5.41) is 41.0. The van der Waals surface area contributed by atoms with Crippen LogP contribution in [0.25, 0.3) is 22.4 Å². The topological polar surface area (TPSA) is 201 Å². The fourth-order valence-electron chi connectivity index (χ4n) is 5.66. The molecule has 0 unspecified atom stereocenters. The maximum absolute atomic E-state index is 14.0. The lowest BCUT2D eigenvalue weighted by Gasteiger charge is -2.20. The van der Waals surface area contributed by atoms with Gasteiger partial charge in [-0.05, 0) is 85.7 Å². The average molecular weight is 691 g/mol. The molecule has 12 heteroatoms. The second kappa shape index (κ2) is 19.3. The normalized spacial score (nSPS) is 12.8. The molecule has 0 aliphatic heterocycles. The summed E-state index contributed by atoms with van der Waals surface area (Å²) in [6.45, 7) is 4.75. The van der Waals surface area contributed by atoms with Gasteiger partial charge in [-0.3, -0.25) is 14.4 Å². The van der Waals surface area contributed by atoms with Crippen LogP contribution in [-0.4, -0.2) is 67.6 Å². The van der Waals surface area contributed by atoms with E-state index in [4.69, 9.17) is 21.7 Å². The predicted octanol–water partition coefficient (Wildman–Crippen LogP) is 5.45. The SMILES string of the molecule is CC(C)c1c(C(=O)Nc2ccccc2)c(-c2ccccc2)c(-c2ccc(F)cc2)n1CC[C@@H](O)C[C@@H](O)CC(=O)O.NCCC[C@H](N)C(=O)O. The van der Waals surface area contributed by atoms with E-state index in [2.05, 4.69) is 5.32 Å². The van der Waals surface area contributed by atoms with Crippen molar-refractivity contribution in [3.8, 4) is 22.4 Å². The molecule has 268 valence electrons. The van der Waals surface area contributed by atoms with Gasteiger partial charge >= 0.3 is 11.9 Å². The number of rotatable bonds is 16. The quantitative estimate of drug-likeness (QED) is 0.0798. The minimum atomic E-state index is -1.18. The second-order valence-corrected chi connectivity index (χ2v) is 12.3. The lowest BCUT2D eigenvalue weighted by Crippen LogP contribution is -2.30. The van der Waals surface area contributed by atoms with Gasteiger partial charge in [0.25, 0.3) is 5.91 Å². The average Bonchev–Trinajstić information content (AvgIpc) is 3.43. The van der Waals surface area contributed by atoms with Crippen molar-refractivity contribution >= 4 is 23.5 Å². The molecule has 9 N–H and O–H groups in total. The van der Waals surface area contributed by atoms with Gasteiger partial charge in [0.15, 0.2) is 0 Å². The van der Waals surface area contributed by atoms with Crippen molar-refractivity contribution in [3.05, 3.63) is 102 Å². The number of carboxylic acids is 2. The number of aromatic nitrogens is 1. The number of nitrogens with two attached hydrogens (primary N) is 2. The number of anilines is 1. The van der Waals surface area contributed by atoms with Gasteiger partial charge in [0.05, 0.1) is 29.9 Å². The van der Waals surface area contributed by atoms with Gasteiger partial charge in [0.2, 0.25) is 0 Å². The molecule has 0 radical (unpaired) electrons. The number of hydrogen-bond donors (Lipinski definition) is 7. The first-order valence-electron chi connectivity index (χ1n) is 16.5. The van der Waals surface area contributed by atoms with E-state index >= 15 is 0 Å². The zero-order chi connectivity index (χ0) is 36.8. The van der Waals surface area contributed by atoms with Crippen LogP contribution in [0, 0.1) is 5.82 Å². The molecule has 1 heterocycles. The van der Waals surface area contributed by atoms with Crippen molar-refractivity contribution in [1.29, 1.82) is 0 Å². The first-order chi connectivity index (χ1) is 23.8. The fraction of sp³-hybridized carbons (Fsp3) is 0.342. The minimum absolute atomic E-state index is 0.0939. The zero-order valence-electron chi connectivity index (χ0n) is 28.3. The van der Waals surface area contributed by atoms with Crippen LogP contribution < -0.4 is 16.8 Å². The van der Waals surface area contributed by atoms with Crippen molar-refractivity contribution in [2.24, 2.45) is 11.5 Å². The number of nitrogens with zero attached hydrogens (tertiary/aromatic N) is 1. The third-order valence-electron chi connectivity index (χ3n) is 7.97. The molecule has 0 aliphatic rings. The highest BCUT2D eigenvalue weighted by molar-refractivity contribution is 6.12. The van der Waals surface area contributed by atoms with Crippen molar-refractivity contribution < 1.29 is 39.2 Å². The zero-order valence-corrected chi connectivity index (χ0v) is 28.3. The van der Waals surface area contributed by atoms with Crippen LogP contribution in [0.2, 0.25) is 0 Å². The maximum Gasteiger partial charge on any atom is 0.320 e. The summed E-state index contributed by atoms with van der Waals surface area (Å²) in [5.74, 6) is -2.89. The van der Waals surface area contributed by atoms with Crippen LogP contribution in [0.5, 0.6) is 0 Å². The van der Waals surface area contributed by atoms with E-state index in [0.717, 1.165) is 11.3 Å². The molecule has 0 saturated heterocycles. The summed E-state index contributed by atoms with van der Waals surface area (Å²) >= 11 is 0. The summed E-state index contributed by atoms with van der Waals surface area (Å²) in [5.41, 5.74) is 15.0. The Morgan fingerprint density at radius 2 is 1.44 bits per heavy atom. The molecule has 4 aromatic rings. The van der Waals surface area contributed by atoms with Gasteiger partial charge < -0.3 is 41.8 Å². The van der Waals surface area contributed by atoms with Crippen LogP contribution in [0.3, 0.4) is 0 Å². The number of carbonyl (C=O) groups is 3. The van der Waals surface area contributed by atoms with Gasteiger partial charge in [-0.2, -0.15) is 0 Å². The van der Waals surface area contributed by atoms with E-state index in [1.807, 2.05) is 79.1 Å². The number of para-hydroxylation sites is 1. The number of aliphatic hydroxyl groups excluding tert-OH is 2. The van der Waals surface area contributed by atoms with Crippen molar-refractivity contribution in [3.63, 3.8) is 0 Å². The van der Waals surface area contributed by atoms with E-state index in [-0.39, 0.29) is 37.0 Å². The Labute approximate surface area is 291 Å². The molecule has 3 atom stereocenters. The predicted molar refractivity (Wildman–Crippen MR) is 191 cm³/mol. The van der Waals surface area contributed by atoms with E-state index in [9.17, 15) is 29.0 Å². The van der Waals surface area contributed by atoms with E-state index in [1.54, 1.807) is 12.1 Å². The van der Waals surface area contributed by atoms with E-state index < -0.39 is 36.6 Å². The standard InChI is InChI=1S/C33H35FN2O5.C5H12N2O2/c1-21(2)31-30(33(41)35-25-11-7-4-8-12-25)29(22-9-5-3-6-10-22)32(23-13-15-24(34)16-14-23)36(31)18-17-26(37)19-27(38)20-28(39)40;6-3-1-2-4(7)5(8)9/h3-16,21,26-27,37-38H,17-20H2,1-2H3,(H,35,41)(H,39,40);4H,1-3,6-7H2,(H,8,9)/t26-,27-;4-/m10/s1. The number of aliphatic hydroxyl groups is 2. The molecule has 0 fully saturated rings. The molecule has 0 spiro atoms. The molecule has 1 aromatic heterocycles. The lowest BCUT2D eigenvalue weighted by atomic mass is 9.94. The van der Waals surface area contributed by atoms with Crippen molar-refractivity contribution in [1.82, 2.24) is 4.57 Å². The number of benzene rings is 3. The molecule has 50 heavy (non-hydrogen) atoms. The summed E-state index contributed by atoms with van der Waals surface area (Å²) in [6, 6.07) is 24.0. The summed E-state index contributed by atoms with van der Waals surface area (Å²) < 4.78 is 16.0. The third kappa shape index (κ3) is 11.3. The number of nitrogens with one attached hydrogen (secondary N) is 1. The van der Waals surface area contributed by atoms with Crippen LogP contribution in [-0.2, 0) is 16.1 Å². The number of carboxylic acid groups (broad SMARTS) is 2. The van der Waals surface area contributed by atoms with Crippen LogP contribution in [0.15, 0.2) is 84.9 Å². The Balaban J connectivity index is 0.000000661. The number of aliphatic carboxylic acids is 2. The second-order valence-electron chi connectivity index (χ2n) is 12.3. The van der Waals surface area contributed by atoms with Gasteiger partial charge in [-0.15, -0.1) is 0 Å². The minimum Gasteiger partial charge on any atom is -0.481 e.